The van der Waals surface area contributed by atoms with E-state index in [1.807, 2.05) is 146 Å². The molecule has 0 atom stereocenters. The molecule has 2 aromatic heterocycles. The van der Waals surface area contributed by atoms with E-state index in [-0.39, 0.29) is 63.0 Å². The third-order valence-corrected chi connectivity index (χ3v) is 20.8. The molecule has 0 amide bonds. The first-order valence-electron chi connectivity index (χ1n) is 43.4. The summed E-state index contributed by atoms with van der Waals surface area (Å²) in [6, 6.07) is 108. The second-order valence-electron chi connectivity index (χ2n) is 27.2. The van der Waals surface area contributed by atoms with Crippen molar-refractivity contribution in [2.24, 2.45) is 0 Å². The smallest absolute Gasteiger partial charge is 0.143 e. The molecule has 0 unspecified atom stereocenters. The zero-order chi connectivity index (χ0) is 85.0. The van der Waals surface area contributed by atoms with Crippen LogP contribution in [0.15, 0.2) is 433 Å². The summed E-state index contributed by atoms with van der Waals surface area (Å²) in [5.74, 6) is 0. The van der Waals surface area contributed by atoms with Crippen molar-refractivity contribution >= 4 is 121 Å². The van der Waals surface area contributed by atoms with E-state index in [4.69, 9.17) is 25.3 Å². The molecule has 0 radical (unpaired) electrons. The van der Waals surface area contributed by atoms with Crippen LogP contribution in [0.25, 0.3) is 165 Å². The Kier molecular flexibility index (Phi) is 13.2. The van der Waals surface area contributed by atoms with Crippen molar-refractivity contribution in [3.63, 3.8) is 0 Å². The molecule has 0 aliphatic rings. The van der Waals surface area contributed by atoms with Crippen LogP contribution in [0.4, 0.5) is 34.1 Å². The normalized spacial score (nSPS) is 13.2. The highest BCUT2D eigenvalue weighted by Gasteiger charge is 2.22. The van der Waals surface area contributed by atoms with Gasteiger partial charge in [-0.3, -0.25) is 0 Å². The first-order valence-corrected chi connectivity index (χ1v) is 36.4. The SMILES string of the molecule is [2H]c1c([2H])c([2H])c(-c2ccccc2N(c2ccc(-c3ccc(-c4ccc5ccccc5c4)cc3)cc2)c2ccc(-c3cccc4c3oc3ccccc34)cc2)c([2H])c1[2H].[2H]c1c([2H])c([2H])c2c(c1[2H])c([2H])c(N(c1ccc(-c3ccc(-c4ccc5ccccc5c4)cc3)cc1)c1ccc(-c3cccc4c3oc3ccccc34)cc1)c1c([2H])c([2H])c([2H])c([2H])c12. The van der Waals surface area contributed by atoms with E-state index in [1.165, 1.54) is 27.1 Å². The minimum Gasteiger partial charge on any atom is -0.455 e. The van der Waals surface area contributed by atoms with Crippen LogP contribution < -0.4 is 9.80 Å². The maximum Gasteiger partial charge on any atom is 0.143 e. The average Bonchev–Trinajstić information content (AvgIpc) is 0.914. The van der Waals surface area contributed by atoms with Crippen molar-refractivity contribution in [2.45, 2.75) is 0 Å². The maximum absolute atomic E-state index is 9.82. The zero-order valence-electron chi connectivity index (χ0n) is 73.0. The molecule has 4 heteroatoms. The second-order valence-corrected chi connectivity index (χ2v) is 27.2. The zero-order valence-corrected chi connectivity index (χ0v) is 59.0. The van der Waals surface area contributed by atoms with Crippen molar-refractivity contribution in [1.82, 2.24) is 0 Å². The summed E-state index contributed by atoms with van der Waals surface area (Å²) < 4.78 is 136. The summed E-state index contributed by atoms with van der Waals surface area (Å²) >= 11 is 0. The third kappa shape index (κ3) is 12.1. The summed E-state index contributed by atoms with van der Waals surface area (Å²) in [6.45, 7) is 0. The van der Waals surface area contributed by atoms with Crippen LogP contribution in [0, 0.1) is 0 Å². The number of nitrogens with zero attached hydrogens (tertiary/aromatic N) is 2. The molecule has 0 fully saturated rings. The molecule has 21 aromatic rings. The van der Waals surface area contributed by atoms with Gasteiger partial charge in [0.2, 0.25) is 0 Å². The van der Waals surface area contributed by atoms with E-state index in [0.29, 0.717) is 22.6 Å². The molecular weight excluding hydrogens is 1330 g/mol. The Morgan fingerprint density at radius 3 is 1.04 bits per heavy atom. The molecule has 4 nitrogen and oxygen atoms in total. The van der Waals surface area contributed by atoms with Gasteiger partial charge in [-0.2, -0.15) is 0 Å². The molecule has 0 aliphatic heterocycles. The van der Waals surface area contributed by atoms with E-state index in [9.17, 15) is 2.74 Å². The van der Waals surface area contributed by atoms with Crippen LogP contribution in [0.5, 0.6) is 0 Å². The van der Waals surface area contributed by atoms with Gasteiger partial charge < -0.3 is 18.6 Å². The Balaban J connectivity index is 0.000000158. The first-order chi connectivity index (χ1) is 60.3. The number of hydrogen-bond acceptors (Lipinski definition) is 4. The number of furan rings is 2. The van der Waals surface area contributed by atoms with Crippen LogP contribution in [-0.2, 0) is 0 Å². The Morgan fingerprint density at radius 2 is 0.545 bits per heavy atom. The molecule has 21 rings (SSSR count). The van der Waals surface area contributed by atoms with Gasteiger partial charge in [-0.05, 0) is 184 Å². The number of anilines is 6. The molecule has 0 aliphatic carbocycles. The van der Waals surface area contributed by atoms with E-state index in [2.05, 4.69) is 199 Å². The minimum absolute atomic E-state index is 0.0389. The Hall–Kier alpha value is -14.6. The number of fused-ring (bicyclic) bond motifs is 11. The number of para-hydroxylation sites is 5. The number of rotatable bonds is 13. The predicted octanol–water partition coefficient (Wildman–Crippen LogP) is 30.4. The van der Waals surface area contributed by atoms with Gasteiger partial charge in [0, 0.05) is 66.4 Å². The van der Waals surface area contributed by atoms with Crippen LogP contribution >= 0.6 is 0 Å². The van der Waals surface area contributed by atoms with Gasteiger partial charge in [0.25, 0.3) is 0 Å². The fourth-order valence-corrected chi connectivity index (χ4v) is 15.3. The van der Waals surface area contributed by atoms with Gasteiger partial charge in [0.15, 0.2) is 0 Å². The highest BCUT2D eigenvalue weighted by atomic mass is 16.3. The molecule has 2 heterocycles. The van der Waals surface area contributed by atoms with Gasteiger partial charge >= 0.3 is 0 Å². The summed E-state index contributed by atoms with van der Waals surface area (Å²) in [7, 11) is 0. The van der Waals surface area contributed by atoms with E-state index in [1.54, 1.807) is 4.90 Å². The highest BCUT2D eigenvalue weighted by molar-refractivity contribution is 6.15. The average molecular weight is 1420 g/mol. The standard InChI is InChI=1S/C54H35NO.C52H35NO/c1-2-11-41-34-42(25-24-36(41)10-1)39-22-20-37(21-23-39)38-26-30-44(31-27-38)55(52-35-43-12-3-4-13-46(43)48-14-5-6-15-49(48)52)45-32-28-40(29-33-45)47-17-9-18-51-50-16-7-8-19-53(50)56-54(47)51;1-2-12-40(13-3-1)46-15-6-8-19-50(46)53(45-33-29-41(30-34-45)47-17-10-18-49-48-16-7-9-20-51(48)54-52(47)49)44-31-27-38(28-32-44)37-21-23-39(24-22-37)43-26-25-36-11-4-5-14-42(36)35-43/h1-35H;1-35H/i3D,4D,5D,6D,12D,13D,14D,15D,35D;1D,2D,3D,12D,13D. The minimum atomic E-state index is -0.559. The number of benzene rings is 19. The second kappa shape index (κ2) is 28.0. The summed E-state index contributed by atoms with van der Waals surface area (Å²) in [5.41, 5.74) is 19.5. The highest BCUT2D eigenvalue weighted by Crippen LogP contribution is 2.47. The summed E-state index contributed by atoms with van der Waals surface area (Å²) in [5, 5.41) is 8.46. The Labute approximate surface area is 657 Å². The van der Waals surface area contributed by atoms with Crippen LogP contribution in [0.1, 0.15) is 19.2 Å². The topological polar surface area (TPSA) is 32.8 Å². The van der Waals surface area contributed by atoms with Gasteiger partial charge in [0.05, 0.1) is 30.6 Å². The molecule has 0 saturated heterocycles. The summed E-state index contributed by atoms with van der Waals surface area (Å²) in [6.07, 6.45) is 0. The van der Waals surface area contributed by atoms with E-state index >= 15 is 0 Å². The molecule has 516 valence electrons. The number of hydrogen-bond donors (Lipinski definition) is 0. The Bertz CT molecular complexity index is 7860. The van der Waals surface area contributed by atoms with E-state index in [0.717, 1.165) is 116 Å². The van der Waals surface area contributed by atoms with Crippen molar-refractivity contribution < 1.29 is 28.0 Å². The van der Waals surface area contributed by atoms with Crippen molar-refractivity contribution in [1.29, 1.82) is 0 Å². The van der Waals surface area contributed by atoms with Gasteiger partial charge in [-0.15, -0.1) is 0 Å². The molecule has 0 saturated carbocycles. The van der Waals surface area contributed by atoms with Crippen LogP contribution in [0.2, 0.25) is 0 Å². The van der Waals surface area contributed by atoms with Gasteiger partial charge in [-0.1, -0.05) is 339 Å². The third-order valence-electron chi connectivity index (χ3n) is 20.8. The first kappa shape index (κ1) is 51.6. The molecular formula is C106H70N2O2. The lowest BCUT2D eigenvalue weighted by Gasteiger charge is -2.28. The predicted molar refractivity (Wildman–Crippen MR) is 465 cm³/mol. The lowest BCUT2D eigenvalue weighted by Crippen LogP contribution is -2.11. The van der Waals surface area contributed by atoms with Gasteiger partial charge in [0.1, 0.15) is 22.3 Å². The van der Waals surface area contributed by atoms with Crippen molar-refractivity contribution in [3.8, 4) is 77.9 Å². The van der Waals surface area contributed by atoms with Crippen molar-refractivity contribution in [2.75, 3.05) is 9.80 Å². The molecule has 19 aromatic carbocycles. The lowest BCUT2D eigenvalue weighted by molar-refractivity contribution is 0.669. The fourth-order valence-electron chi connectivity index (χ4n) is 15.3. The van der Waals surface area contributed by atoms with Crippen LogP contribution in [0.3, 0.4) is 0 Å². The maximum atomic E-state index is 9.82. The van der Waals surface area contributed by atoms with Crippen LogP contribution in [-0.4, -0.2) is 0 Å². The fraction of sp³-hybridized carbons (Fsp3) is 0. The molecule has 0 spiro atoms. The summed E-state index contributed by atoms with van der Waals surface area (Å²) in [4.78, 5) is 3.82. The van der Waals surface area contributed by atoms with Gasteiger partial charge in [-0.25, -0.2) is 0 Å². The molecule has 0 N–H and O–H groups in total. The molecule has 0 bridgehead atoms. The van der Waals surface area contributed by atoms with E-state index < -0.39 is 54.4 Å². The Morgan fingerprint density at radius 1 is 0.200 bits per heavy atom. The lowest BCUT2D eigenvalue weighted by atomic mass is 9.97. The largest absolute Gasteiger partial charge is 0.455 e. The molecule has 110 heavy (non-hydrogen) atoms. The van der Waals surface area contributed by atoms with Crippen molar-refractivity contribution in [3.05, 3.63) is 424 Å². The monoisotopic (exact) mass is 1420 g/mol. The quantitative estimate of drug-likeness (QED) is 0.108.